The van der Waals surface area contributed by atoms with Gasteiger partial charge in [0, 0.05) is 24.2 Å². The molecule has 1 aromatic rings. The van der Waals surface area contributed by atoms with Crippen molar-refractivity contribution in [2.24, 2.45) is 0 Å². The number of hydrogen-bond acceptors (Lipinski definition) is 5. The van der Waals surface area contributed by atoms with E-state index >= 15 is 0 Å². The number of ether oxygens (including phenoxy) is 1. The summed E-state index contributed by atoms with van der Waals surface area (Å²) in [6.45, 7) is 3.08. The van der Waals surface area contributed by atoms with Crippen LogP contribution in [-0.2, 0) is 15.3 Å². The second kappa shape index (κ2) is 7.95. The molecule has 4 nitrogen and oxygen atoms in total. The summed E-state index contributed by atoms with van der Waals surface area (Å²) in [7, 11) is 1.40. The first-order valence-corrected chi connectivity index (χ1v) is 6.75. The molecule has 0 spiro atoms. The van der Waals surface area contributed by atoms with Gasteiger partial charge in [0.25, 0.3) is 0 Å². The number of aromatic nitrogens is 1. The fourth-order valence-corrected chi connectivity index (χ4v) is 1.99. The molecule has 5 heteroatoms. The third-order valence-electron chi connectivity index (χ3n) is 2.09. The summed E-state index contributed by atoms with van der Waals surface area (Å²) in [6, 6.07) is 3.96. The van der Waals surface area contributed by atoms with E-state index in [0.29, 0.717) is 5.75 Å². The van der Waals surface area contributed by atoms with Crippen molar-refractivity contribution >= 4 is 23.4 Å². The van der Waals surface area contributed by atoms with Crippen LogP contribution in [0.4, 0.5) is 5.69 Å². The van der Waals surface area contributed by atoms with Crippen molar-refractivity contribution in [2.75, 3.05) is 24.7 Å². The first-order chi connectivity index (χ1) is 8.26. The molecule has 0 unspecified atom stereocenters. The van der Waals surface area contributed by atoms with E-state index in [0.717, 1.165) is 30.1 Å². The fourth-order valence-electron chi connectivity index (χ4n) is 1.23. The van der Waals surface area contributed by atoms with Gasteiger partial charge in [-0.05, 0) is 18.6 Å². The van der Waals surface area contributed by atoms with E-state index < -0.39 is 0 Å². The molecule has 0 aliphatic heterocycles. The number of thioether (sulfide) groups is 1. The fraction of sp³-hybridized carbons (Fsp3) is 0.500. The Morgan fingerprint density at radius 2 is 2.41 bits per heavy atom. The van der Waals surface area contributed by atoms with Gasteiger partial charge in [0.05, 0.1) is 18.6 Å². The van der Waals surface area contributed by atoms with E-state index in [9.17, 15) is 4.79 Å². The lowest BCUT2D eigenvalue weighted by Crippen LogP contribution is -2.04. The van der Waals surface area contributed by atoms with E-state index in [2.05, 4.69) is 22.0 Å². The van der Waals surface area contributed by atoms with Crippen molar-refractivity contribution in [3.05, 3.63) is 24.0 Å². The van der Waals surface area contributed by atoms with Gasteiger partial charge in [-0.1, -0.05) is 6.92 Å². The molecule has 0 bridgehead atoms. The Kier molecular flexibility index (Phi) is 6.47. The average Bonchev–Trinajstić information content (AvgIpc) is 2.36. The topological polar surface area (TPSA) is 51.2 Å². The maximum Gasteiger partial charge on any atom is 0.315 e. The number of hydrogen-bond donors (Lipinski definition) is 1. The van der Waals surface area contributed by atoms with Crippen molar-refractivity contribution in [3.63, 3.8) is 0 Å². The molecule has 0 radical (unpaired) electrons. The van der Waals surface area contributed by atoms with Crippen molar-refractivity contribution in [1.82, 2.24) is 4.98 Å². The van der Waals surface area contributed by atoms with Crippen LogP contribution in [0.3, 0.4) is 0 Å². The zero-order chi connectivity index (χ0) is 12.5. The lowest BCUT2D eigenvalue weighted by Gasteiger charge is -2.06. The van der Waals surface area contributed by atoms with Crippen LogP contribution in [-0.4, -0.2) is 30.4 Å². The summed E-state index contributed by atoms with van der Waals surface area (Å²) in [5.74, 6) is 0.886. The number of pyridine rings is 1. The minimum atomic E-state index is -0.199. The van der Waals surface area contributed by atoms with Crippen LogP contribution in [0.15, 0.2) is 18.3 Å². The van der Waals surface area contributed by atoms with Crippen LogP contribution >= 0.6 is 11.8 Å². The second-order valence-electron chi connectivity index (χ2n) is 3.53. The Bertz CT molecular complexity index is 358. The first kappa shape index (κ1) is 13.8. The Hall–Kier alpha value is -1.23. The van der Waals surface area contributed by atoms with Gasteiger partial charge in [-0.2, -0.15) is 0 Å². The largest absolute Gasteiger partial charge is 0.468 e. The lowest BCUT2D eigenvalue weighted by molar-refractivity contribution is -0.137. The van der Waals surface area contributed by atoms with Crippen LogP contribution in [0.5, 0.6) is 0 Å². The minimum absolute atomic E-state index is 0.199. The van der Waals surface area contributed by atoms with E-state index in [1.54, 1.807) is 6.20 Å². The van der Waals surface area contributed by atoms with Gasteiger partial charge < -0.3 is 10.1 Å². The van der Waals surface area contributed by atoms with E-state index in [-0.39, 0.29) is 5.97 Å². The lowest BCUT2D eigenvalue weighted by atomic mass is 10.3. The quantitative estimate of drug-likeness (QED) is 0.757. The normalized spacial score (nSPS) is 10.0. The third kappa shape index (κ3) is 5.58. The summed E-state index contributed by atoms with van der Waals surface area (Å²) >= 11 is 1.51. The Balaban J connectivity index is 2.40. The molecule has 0 fully saturated rings. The van der Waals surface area contributed by atoms with Gasteiger partial charge in [0.15, 0.2) is 0 Å². The highest BCUT2D eigenvalue weighted by Gasteiger charge is 2.02. The molecule has 0 saturated carbocycles. The molecule has 1 N–H and O–H groups in total. The number of methoxy groups -OCH3 is 1. The molecule has 0 amide bonds. The zero-order valence-electron chi connectivity index (χ0n) is 10.2. The van der Waals surface area contributed by atoms with Gasteiger partial charge in [-0.3, -0.25) is 9.78 Å². The molecule has 94 valence electrons. The number of esters is 1. The van der Waals surface area contributed by atoms with Crippen molar-refractivity contribution in [2.45, 2.75) is 19.1 Å². The molecule has 1 heterocycles. The zero-order valence-corrected chi connectivity index (χ0v) is 11.0. The van der Waals surface area contributed by atoms with Crippen LogP contribution in [0.25, 0.3) is 0 Å². The number of carbonyl (C=O) groups excluding carboxylic acids is 1. The van der Waals surface area contributed by atoms with Crippen molar-refractivity contribution in [3.8, 4) is 0 Å². The molecule has 1 rings (SSSR count). The van der Waals surface area contributed by atoms with E-state index in [4.69, 9.17) is 0 Å². The Morgan fingerprint density at radius 1 is 1.59 bits per heavy atom. The molecular formula is C12H18N2O2S. The Morgan fingerprint density at radius 3 is 3.12 bits per heavy atom. The number of carbonyl (C=O) groups is 1. The molecule has 0 saturated heterocycles. The molecule has 1 aromatic heterocycles. The molecule has 0 aliphatic carbocycles. The molecule has 0 atom stereocenters. The standard InChI is InChI=1S/C12H18N2O2S/c1-3-5-13-10-4-6-14-11(7-10)8-17-9-12(15)16-2/h4,6-7H,3,5,8-9H2,1-2H3,(H,13,14). The molecule has 17 heavy (non-hydrogen) atoms. The highest BCUT2D eigenvalue weighted by molar-refractivity contribution is 7.99. The maximum atomic E-state index is 10.9. The van der Waals surface area contributed by atoms with Crippen LogP contribution < -0.4 is 5.32 Å². The number of nitrogens with one attached hydrogen (secondary N) is 1. The molecular weight excluding hydrogens is 236 g/mol. The molecule has 0 aliphatic rings. The van der Waals surface area contributed by atoms with Crippen molar-refractivity contribution in [1.29, 1.82) is 0 Å². The highest BCUT2D eigenvalue weighted by Crippen LogP contribution is 2.14. The summed E-state index contributed by atoms with van der Waals surface area (Å²) in [5.41, 5.74) is 2.05. The van der Waals surface area contributed by atoms with Crippen LogP contribution in [0.1, 0.15) is 19.0 Å². The van der Waals surface area contributed by atoms with Gasteiger partial charge in [0.1, 0.15) is 0 Å². The maximum absolute atomic E-state index is 10.9. The predicted octanol–water partition coefficient (Wildman–Crippen LogP) is 2.31. The van der Waals surface area contributed by atoms with Gasteiger partial charge >= 0.3 is 5.97 Å². The summed E-state index contributed by atoms with van der Waals surface area (Å²) in [6.07, 6.45) is 2.88. The monoisotopic (exact) mass is 254 g/mol. The van der Waals surface area contributed by atoms with Crippen LogP contribution in [0, 0.1) is 0 Å². The summed E-state index contributed by atoms with van der Waals surface area (Å²) in [4.78, 5) is 15.2. The van der Waals surface area contributed by atoms with Crippen LogP contribution in [0.2, 0.25) is 0 Å². The summed E-state index contributed by atoms with van der Waals surface area (Å²) in [5, 5.41) is 3.30. The predicted molar refractivity (Wildman–Crippen MR) is 71.2 cm³/mol. The van der Waals surface area contributed by atoms with Crippen molar-refractivity contribution < 1.29 is 9.53 Å². The minimum Gasteiger partial charge on any atom is -0.468 e. The van der Waals surface area contributed by atoms with Gasteiger partial charge in [-0.25, -0.2) is 0 Å². The highest BCUT2D eigenvalue weighted by atomic mass is 32.2. The number of nitrogens with zero attached hydrogens (tertiary/aromatic N) is 1. The first-order valence-electron chi connectivity index (χ1n) is 5.59. The smallest absolute Gasteiger partial charge is 0.315 e. The molecule has 0 aromatic carbocycles. The average molecular weight is 254 g/mol. The van der Waals surface area contributed by atoms with Gasteiger partial charge in [-0.15, -0.1) is 11.8 Å². The number of anilines is 1. The SMILES string of the molecule is CCCNc1ccnc(CSCC(=O)OC)c1. The summed E-state index contributed by atoms with van der Waals surface area (Å²) < 4.78 is 4.57. The van der Waals surface area contributed by atoms with Gasteiger partial charge in [0.2, 0.25) is 0 Å². The second-order valence-corrected chi connectivity index (χ2v) is 4.52. The van der Waals surface area contributed by atoms with E-state index in [1.807, 2.05) is 12.1 Å². The Labute approximate surface area is 106 Å². The number of rotatable bonds is 7. The van der Waals surface area contributed by atoms with E-state index in [1.165, 1.54) is 18.9 Å². The third-order valence-corrected chi connectivity index (χ3v) is 3.03.